The average molecular weight is 417 g/mol. The molecule has 1 aromatic carbocycles. The molecular formula is C20H23N3O5S. The van der Waals surface area contributed by atoms with Gasteiger partial charge in [-0.15, -0.1) is 11.3 Å². The van der Waals surface area contributed by atoms with E-state index in [9.17, 15) is 14.7 Å². The normalized spacial score (nSPS) is 17.2. The molecule has 2 aromatic rings. The van der Waals surface area contributed by atoms with Crippen LogP contribution in [-0.4, -0.2) is 72.3 Å². The smallest absolute Gasteiger partial charge is 0.262 e. The largest absolute Gasteiger partial charge is 0.454 e. The molecule has 0 saturated carbocycles. The van der Waals surface area contributed by atoms with Crippen LogP contribution in [0.1, 0.15) is 15.2 Å². The van der Waals surface area contributed by atoms with E-state index in [4.69, 9.17) is 9.47 Å². The van der Waals surface area contributed by atoms with Gasteiger partial charge in [0.1, 0.15) is 6.04 Å². The van der Waals surface area contributed by atoms with Crippen LogP contribution in [0.4, 0.5) is 0 Å². The zero-order valence-corrected chi connectivity index (χ0v) is 16.7. The van der Waals surface area contributed by atoms with Crippen molar-refractivity contribution in [1.82, 2.24) is 15.1 Å². The highest BCUT2D eigenvalue weighted by Crippen LogP contribution is 2.32. The summed E-state index contributed by atoms with van der Waals surface area (Å²) in [6.45, 7) is 3.14. The van der Waals surface area contributed by atoms with E-state index in [-0.39, 0.29) is 18.6 Å². The summed E-state index contributed by atoms with van der Waals surface area (Å²) in [7, 11) is 0. The lowest BCUT2D eigenvalue weighted by molar-refractivity contribution is -0.136. The van der Waals surface area contributed by atoms with Gasteiger partial charge in [-0.3, -0.25) is 14.5 Å². The molecule has 29 heavy (non-hydrogen) atoms. The lowest BCUT2D eigenvalue weighted by Gasteiger charge is -2.36. The fraction of sp³-hybridized carbons (Fsp3) is 0.400. The monoisotopic (exact) mass is 417 g/mol. The molecular weight excluding hydrogens is 394 g/mol. The summed E-state index contributed by atoms with van der Waals surface area (Å²) in [4.78, 5) is 29.4. The molecule has 1 saturated heterocycles. The predicted molar refractivity (Wildman–Crippen MR) is 107 cm³/mol. The molecule has 1 unspecified atom stereocenters. The van der Waals surface area contributed by atoms with Crippen LogP contribution >= 0.6 is 11.3 Å². The van der Waals surface area contributed by atoms with Crippen molar-refractivity contribution in [2.45, 2.75) is 12.6 Å². The van der Waals surface area contributed by atoms with Crippen LogP contribution in [0.5, 0.6) is 11.5 Å². The minimum atomic E-state index is -0.926. The van der Waals surface area contributed by atoms with E-state index in [1.165, 1.54) is 11.3 Å². The summed E-state index contributed by atoms with van der Waals surface area (Å²) < 4.78 is 10.8. The molecule has 0 radical (unpaired) electrons. The first-order valence-corrected chi connectivity index (χ1v) is 10.4. The molecule has 0 aliphatic carbocycles. The Hall–Kier alpha value is -2.62. The number of fused-ring (bicyclic) bond motifs is 1. The number of carbonyl (C=O) groups excluding carboxylic acids is 2. The van der Waals surface area contributed by atoms with Crippen LogP contribution in [0.15, 0.2) is 35.7 Å². The van der Waals surface area contributed by atoms with Gasteiger partial charge >= 0.3 is 0 Å². The van der Waals surface area contributed by atoms with E-state index in [0.29, 0.717) is 18.0 Å². The van der Waals surface area contributed by atoms with Gasteiger partial charge in [-0.05, 0) is 29.1 Å². The molecule has 2 aliphatic heterocycles. The Morgan fingerprint density at radius 3 is 2.66 bits per heavy atom. The van der Waals surface area contributed by atoms with E-state index in [0.717, 1.165) is 36.7 Å². The number of nitrogens with one attached hydrogen (secondary N) is 1. The number of aliphatic hydroxyl groups excluding tert-OH is 1. The summed E-state index contributed by atoms with van der Waals surface area (Å²) in [6.07, 6.45) is 0. The first kappa shape index (κ1) is 19.7. The number of benzene rings is 1. The molecule has 2 amide bonds. The molecule has 0 bridgehead atoms. The molecule has 9 heteroatoms. The maximum atomic E-state index is 12.7. The molecule has 1 atom stereocenters. The van der Waals surface area contributed by atoms with Crippen LogP contribution in [-0.2, 0) is 11.3 Å². The first-order valence-electron chi connectivity index (χ1n) is 9.49. The highest BCUT2D eigenvalue weighted by Gasteiger charge is 2.28. The number of carbonyl (C=O) groups is 2. The number of piperazine rings is 1. The number of ether oxygens (including phenoxy) is 2. The van der Waals surface area contributed by atoms with Crippen molar-refractivity contribution >= 4 is 23.2 Å². The van der Waals surface area contributed by atoms with E-state index >= 15 is 0 Å². The second kappa shape index (κ2) is 8.81. The second-order valence-corrected chi connectivity index (χ2v) is 7.92. The van der Waals surface area contributed by atoms with Crippen molar-refractivity contribution in [3.8, 4) is 11.5 Å². The zero-order valence-electron chi connectivity index (χ0n) is 15.9. The third kappa shape index (κ3) is 4.52. The maximum Gasteiger partial charge on any atom is 0.262 e. The highest BCUT2D eigenvalue weighted by molar-refractivity contribution is 7.12. The molecule has 2 N–H and O–H groups in total. The Morgan fingerprint density at radius 1 is 1.14 bits per heavy atom. The highest BCUT2D eigenvalue weighted by atomic mass is 32.1. The Bertz CT molecular complexity index is 865. The quantitative estimate of drug-likeness (QED) is 0.726. The van der Waals surface area contributed by atoms with Gasteiger partial charge in [0.05, 0.1) is 11.5 Å². The van der Waals surface area contributed by atoms with Crippen LogP contribution in [0.25, 0.3) is 0 Å². The summed E-state index contributed by atoms with van der Waals surface area (Å²) in [5.74, 6) is 0.946. The number of rotatable bonds is 6. The first-order chi connectivity index (χ1) is 14.1. The number of hydrogen-bond acceptors (Lipinski definition) is 7. The van der Waals surface area contributed by atoms with Gasteiger partial charge in [-0.1, -0.05) is 12.1 Å². The third-order valence-electron chi connectivity index (χ3n) is 5.06. The van der Waals surface area contributed by atoms with Gasteiger partial charge in [0.25, 0.3) is 5.91 Å². The summed E-state index contributed by atoms with van der Waals surface area (Å²) in [5.41, 5.74) is 1.13. The summed E-state index contributed by atoms with van der Waals surface area (Å²) in [5, 5.41) is 14.0. The fourth-order valence-corrected chi connectivity index (χ4v) is 4.09. The molecule has 0 spiro atoms. The standard InChI is InChI=1S/C20H23N3O5S/c24-12-15(21-19(25)18-2-1-9-29-18)20(26)23-7-5-22(6-8-23)11-14-3-4-16-17(10-14)28-13-27-16/h1-4,9-10,15,24H,5-8,11-13H2,(H,21,25). The van der Waals surface area contributed by atoms with Gasteiger partial charge in [0.15, 0.2) is 11.5 Å². The lowest BCUT2D eigenvalue weighted by Crippen LogP contribution is -2.55. The van der Waals surface area contributed by atoms with Crippen molar-refractivity contribution in [2.24, 2.45) is 0 Å². The predicted octanol–water partition coefficient (Wildman–Crippen LogP) is 0.912. The number of thiophene rings is 1. The number of aliphatic hydroxyl groups is 1. The van der Waals surface area contributed by atoms with Crippen molar-refractivity contribution in [3.63, 3.8) is 0 Å². The Kier molecular flexibility index (Phi) is 5.98. The number of amides is 2. The molecule has 1 aromatic heterocycles. The van der Waals surface area contributed by atoms with Gasteiger partial charge in [0, 0.05) is 32.7 Å². The maximum absolute atomic E-state index is 12.7. The minimum Gasteiger partial charge on any atom is -0.454 e. The second-order valence-electron chi connectivity index (χ2n) is 6.97. The van der Waals surface area contributed by atoms with Crippen LogP contribution < -0.4 is 14.8 Å². The Balaban J connectivity index is 1.29. The van der Waals surface area contributed by atoms with E-state index in [1.54, 1.807) is 22.4 Å². The van der Waals surface area contributed by atoms with E-state index in [2.05, 4.69) is 10.2 Å². The van der Waals surface area contributed by atoms with Gasteiger partial charge in [-0.2, -0.15) is 0 Å². The molecule has 2 aliphatic rings. The van der Waals surface area contributed by atoms with Crippen LogP contribution in [0, 0.1) is 0 Å². The summed E-state index contributed by atoms with van der Waals surface area (Å²) in [6, 6.07) is 8.46. The minimum absolute atomic E-state index is 0.250. The van der Waals surface area contributed by atoms with E-state index in [1.807, 2.05) is 18.2 Å². The molecule has 8 nitrogen and oxygen atoms in total. The average Bonchev–Trinajstić information content (AvgIpc) is 3.43. The molecule has 1 fully saturated rings. The molecule has 154 valence electrons. The topological polar surface area (TPSA) is 91.3 Å². The van der Waals surface area contributed by atoms with Gasteiger partial charge in [-0.25, -0.2) is 0 Å². The van der Waals surface area contributed by atoms with Crippen molar-refractivity contribution in [1.29, 1.82) is 0 Å². The number of hydrogen-bond donors (Lipinski definition) is 2. The Morgan fingerprint density at radius 2 is 1.93 bits per heavy atom. The van der Waals surface area contributed by atoms with Crippen LogP contribution in [0.2, 0.25) is 0 Å². The molecule has 4 rings (SSSR count). The summed E-state index contributed by atoms with van der Waals surface area (Å²) >= 11 is 1.30. The van der Waals surface area contributed by atoms with Crippen molar-refractivity contribution in [2.75, 3.05) is 39.6 Å². The van der Waals surface area contributed by atoms with Gasteiger partial charge in [0.2, 0.25) is 12.7 Å². The lowest BCUT2D eigenvalue weighted by atomic mass is 10.1. The van der Waals surface area contributed by atoms with Crippen molar-refractivity contribution in [3.05, 3.63) is 46.2 Å². The zero-order chi connectivity index (χ0) is 20.2. The molecule has 3 heterocycles. The SMILES string of the molecule is O=C(NC(CO)C(=O)N1CCN(Cc2ccc3c(c2)OCO3)CC1)c1cccs1. The van der Waals surface area contributed by atoms with Crippen molar-refractivity contribution < 1.29 is 24.2 Å². The Labute approximate surface area is 172 Å². The fourth-order valence-electron chi connectivity index (χ4n) is 3.47. The van der Waals surface area contributed by atoms with Crippen LogP contribution in [0.3, 0.4) is 0 Å². The number of nitrogens with zero attached hydrogens (tertiary/aromatic N) is 2. The van der Waals surface area contributed by atoms with E-state index < -0.39 is 12.6 Å². The third-order valence-corrected chi connectivity index (χ3v) is 5.93. The van der Waals surface area contributed by atoms with Gasteiger partial charge < -0.3 is 24.8 Å².